The van der Waals surface area contributed by atoms with Crippen molar-refractivity contribution in [2.24, 2.45) is 0 Å². The van der Waals surface area contributed by atoms with Crippen LogP contribution in [0.1, 0.15) is 11.1 Å². The van der Waals surface area contributed by atoms with E-state index < -0.39 is 17.5 Å². The van der Waals surface area contributed by atoms with Crippen molar-refractivity contribution < 1.29 is 19.1 Å². The summed E-state index contributed by atoms with van der Waals surface area (Å²) in [4.78, 5) is 23.8. The third kappa shape index (κ3) is 1.86. The molecule has 1 N–H and O–H groups in total. The van der Waals surface area contributed by atoms with Gasteiger partial charge >= 0.3 is 11.9 Å². The number of hydrogen-bond acceptors (Lipinski definition) is 5. The zero-order chi connectivity index (χ0) is 13.2. The number of carbonyl (C=O) groups excluding carboxylic acids is 2. The summed E-state index contributed by atoms with van der Waals surface area (Å²) in [7, 11) is 2.52. The number of fused-ring (bicyclic) bond motifs is 1. The van der Waals surface area contributed by atoms with Crippen molar-refractivity contribution in [2.45, 2.75) is 18.5 Å². The molecule has 0 aliphatic carbocycles. The highest BCUT2D eigenvalue weighted by Gasteiger charge is 2.50. The Balaban J connectivity index is 2.41. The van der Waals surface area contributed by atoms with Crippen LogP contribution in [0.3, 0.4) is 0 Å². The van der Waals surface area contributed by atoms with E-state index in [1.807, 2.05) is 24.3 Å². The van der Waals surface area contributed by atoms with Gasteiger partial charge in [0, 0.05) is 13.0 Å². The van der Waals surface area contributed by atoms with E-state index in [0.717, 1.165) is 11.1 Å². The van der Waals surface area contributed by atoms with Crippen molar-refractivity contribution in [1.29, 1.82) is 0 Å². The van der Waals surface area contributed by atoms with Crippen LogP contribution >= 0.6 is 0 Å². The lowest BCUT2D eigenvalue weighted by Gasteiger charge is -2.34. The maximum Gasteiger partial charge on any atom is 0.338 e. The monoisotopic (exact) mass is 249 g/mol. The first-order valence-corrected chi connectivity index (χ1v) is 5.62. The zero-order valence-corrected chi connectivity index (χ0v) is 10.4. The number of benzene rings is 1. The third-order valence-electron chi connectivity index (χ3n) is 3.22. The number of rotatable bonds is 2. The van der Waals surface area contributed by atoms with Gasteiger partial charge in [-0.25, -0.2) is 9.59 Å². The highest BCUT2D eigenvalue weighted by molar-refractivity contribution is 6.05. The molecule has 0 bridgehead atoms. The summed E-state index contributed by atoms with van der Waals surface area (Å²) in [6, 6.07) is 7.66. The molecule has 1 aliphatic rings. The number of hydrogen-bond donors (Lipinski definition) is 1. The van der Waals surface area contributed by atoms with Crippen molar-refractivity contribution >= 4 is 11.9 Å². The highest BCUT2D eigenvalue weighted by atomic mass is 16.5. The van der Waals surface area contributed by atoms with E-state index in [4.69, 9.17) is 9.47 Å². The fraction of sp³-hybridized carbons (Fsp3) is 0.385. The van der Waals surface area contributed by atoms with Gasteiger partial charge in [-0.05, 0) is 11.1 Å². The van der Waals surface area contributed by atoms with Gasteiger partial charge in [0.1, 0.15) is 0 Å². The van der Waals surface area contributed by atoms with E-state index in [2.05, 4.69) is 5.32 Å². The first-order chi connectivity index (χ1) is 8.64. The average Bonchev–Trinajstić information content (AvgIpc) is 2.44. The molecule has 0 amide bonds. The summed E-state index contributed by atoms with van der Waals surface area (Å²) in [6.07, 6.45) is 0.239. The molecule has 1 aromatic carbocycles. The lowest BCUT2D eigenvalue weighted by Crippen LogP contribution is -2.62. The van der Waals surface area contributed by atoms with E-state index in [0.29, 0.717) is 6.54 Å². The molecule has 0 saturated heterocycles. The predicted octanol–water partition coefficient (Wildman–Crippen LogP) is 0.417. The Labute approximate surface area is 105 Å². The van der Waals surface area contributed by atoms with Crippen LogP contribution in [0.2, 0.25) is 0 Å². The second-order valence-electron chi connectivity index (χ2n) is 4.19. The largest absolute Gasteiger partial charge is 0.467 e. The van der Waals surface area contributed by atoms with Crippen molar-refractivity contribution in [1.82, 2.24) is 5.32 Å². The minimum absolute atomic E-state index is 0.239. The van der Waals surface area contributed by atoms with Crippen LogP contribution < -0.4 is 5.32 Å². The SMILES string of the molecule is COC(=O)C1(C(=O)OC)Cc2ccccc2CN1. The summed E-state index contributed by atoms with van der Waals surface area (Å²) in [6.45, 7) is 0.431. The maximum atomic E-state index is 11.9. The molecule has 5 heteroatoms. The molecule has 2 rings (SSSR count). The van der Waals surface area contributed by atoms with Gasteiger partial charge in [0.25, 0.3) is 0 Å². The topological polar surface area (TPSA) is 64.6 Å². The quantitative estimate of drug-likeness (QED) is 0.608. The van der Waals surface area contributed by atoms with Gasteiger partial charge in [-0.2, -0.15) is 0 Å². The normalized spacial score (nSPS) is 16.6. The zero-order valence-electron chi connectivity index (χ0n) is 10.4. The Hall–Kier alpha value is -1.88. The predicted molar refractivity (Wildman–Crippen MR) is 63.7 cm³/mol. The smallest absolute Gasteiger partial charge is 0.338 e. The minimum atomic E-state index is -1.43. The standard InChI is InChI=1S/C13H15NO4/c1-17-11(15)13(12(16)18-2)7-9-5-3-4-6-10(9)8-14-13/h3-6,14H,7-8H2,1-2H3. The van der Waals surface area contributed by atoms with Crippen LogP contribution in [-0.4, -0.2) is 31.7 Å². The second kappa shape index (κ2) is 4.78. The Kier molecular flexibility index (Phi) is 3.34. The van der Waals surface area contributed by atoms with Gasteiger partial charge in [0.05, 0.1) is 14.2 Å². The molecule has 0 atom stereocenters. The molecule has 1 aliphatic heterocycles. The maximum absolute atomic E-state index is 11.9. The van der Waals surface area contributed by atoms with Gasteiger partial charge in [0.2, 0.25) is 5.54 Å². The van der Waals surface area contributed by atoms with Gasteiger partial charge in [0.15, 0.2) is 0 Å². The third-order valence-corrected chi connectivity index (χ3v) is 3.22. The van der Waals surface area contributed by atoms with Gasteiger partial charge in [-0.15, -0.1) is 0 Å². The molecular weight excluding hydrogens is 234 g/mol. The van der Waals surface area contributed by atoms with E-state index in [9.17, 15) is 9.59 Å². The molecule has 0 fully saturated rings. The second-order valence-corrected chi connectivity index (χ2v) is 4.19. The summed E-state index contributed by atoms with van der Waals surface area (Å²) >= 11 is 0. The van der Waals surface area contributed by atoms with Gasteiger partial charge < -0.3 is 9.47 Å². The number of esters is 2. The fourth-order valence-corrected chi connectivity index (χ4v) is 2.22. The first kappa shape index (κ1) is 12.6. The van der Waals surface area contributed by atoms with E-state index in [-0.39, 0.29) is 6.42 Å². The average molecular weight is 249 g/mol. The number of ether oxygens (including phenoxy) is 2. The van der Waals surface area contributed by atoms with Crippen LogP contribution in [0.15, 0.2) is 24.3 Å². The van der Waals surface area contributed by atoms with Crippen molar-refractivity contribution in [3.63, 3.8) is 0 Å². The lowest BCUT2D eigenvalue weighted by atomic mass is 9.84. The molecule has 0 saturated carbocycles. The van der Waals surface area contributed by atoms with Crippen LogP contribution in [-0.2, 0) is 32.0 Å². The first-order valence-electron chi connectivity index (χ1n) is 5.62. The van der Waals surface area contributed by atoms with Crippen LogP contribution in [0.5, 0.6) is 0 Å². The Morgan fingerprint density at radius 1 is 1.11 bits per heavy atom. The van der Waals surface area contributed by atoms with Gasteiger partial charge in [-0.3, -0.25) is 5.32 Å². The molecule has 0 aromatic heterocycles. The molecular formula is C13H15NO4. The van der Waals surface area contributed by atoms with Gasteiger partial charge in [-0.1, -0.05) is 24.3 Å². The molecule has 96 valence electrons. The van der Waals surface area contributed by atoms with Crippen LogP contribution in [0, 0.1) is 0 Å². The molecule has 1 heterocycles. The molecule has 0 unspecified atom stereocenters. The molecule has 1 aromatic rings. The minimum Gasteiger partial charge on any atom is -0.467 e. The van der Waals surface area contributed by atoms with Crippen molar-refractivity contribution in [3.8, 4) is 0 Å². The van der Waals surface area contributed by atoms with E-state index >= 15 is 0 Å². The Morgan fingerprint density at radius 3 is 2.22 bits per heavy atom. The van der Waals surface area contributed by atoms with Crippen molar-refractivity contribution in [3.05, 3.63) is 35.4 Å². The summed E-state index contributed by atoms with van der Waals surface area (Å²) < 4.78 is 9.46. The lowest BCUT2D eigenvalue weighted by molar-refractivity contribution is -0.163. The van der Waals surface area contributed by atoms with Crippen LogP contribution in [0.25, 0.3) is 0 Å². The number of nitrogens with one attached hydrogen (secondary N) is 1. The molecule has 5 nitrogen and oxygen atoms in total. The van der Waals surface area contributed by atoms with Crippen molar-refractivity contribution in [2.75, 3.05) is 14.2 Å². The number of methoxy groups -OCH3 is 2. The summed E-state index contributed by atoms with van der Waals surface area (Å²) in [5.41, 5.74) is 0.589. The van der Waals surface area contributed by atoms with E-state index in [1.54, 1.807) is 0 Å². The summed E-state index contributed by atoms with van der Waals surface area (Å²) in [5.74, 6) is -1.24. The Morgan fingerprint density at radius 2 is 1.67 bits per heavy atom. The fourth-order valence-electron chi connectivity index (χ4n) is 2.22. The molecule has 18 heavy (non-hydrogen) atoms. The highest BCUT2D eigenvalue weighted by Crippen LogP contribution is 2.25. The van der Waals surface area contributed by atoms with Crippen LogP contribution in [0.4, 0.5) is 0 Å². The summed E-state index contributed by atoms with van der Waals surface area (Å²) in [5, 5.41) is 2.94. The Bertz CT molecular complexity index is 468. The molecule has 0 spiro atoms. The number of carbonyl (C=O) groups is 2. The van der Waals surface area contributed by atoms with E-state index in [1.165, 1.54) is 14.2 Å². The molecule has 0 radical (unpaired) electrons.